The van der Waals surface area contributed by atoms with Crippen LogP contribution in [0.1, 0.15) is 53.8 Å². The van der Waals surface area contributed by atoms with Crippen LogP contribution < -0.4 is 0 Å². The van der Waals surface area contributed by atoms with Gasteiger partial charge < -0.3 is 9.40 Å². The number of fused-ring (bicyclic) bond motifs is 3. The van der Waals surface area contributed by atoms with Crippen LogP contribution in [-0.2, 0) is 11.4 Å². The van der Waals surface area contributed by atoms with E-state index in [1.165, 1.54) is 0 Å². The Morgan fingerprint density at radius 3 is 2.31 bits per heavy atom. The lowest BCUT2D eigenvalue weighted by molar-refractivity contribution is 0.0514. The largest absolute Gasteiger partial charge is 0.365 e. The molecule has 3 aromatic carbocycles. The first-order valence-electron chi connectivity index (χ1n) is 11.0. The summed E-state index contributed by atoms with van der Waals surface area (Å²) in [5.41, 5.74) is 3.43. The predicted octanol–water partition coefficient (Wildman–Crippen LogP) is 6.40. The van der Waals surface area contributed by atoms with E-state index >= 15 is 0 Å². The SMILES string of the molecule is CCCCC(=NOC(=O)c1ccccc1)C(=O)c1ccc2c(c1)c1ccccc1n2CC. The van der Waals surface area contributed by atoms with Gasteiger partial charge in [0.05, 0.1) is 5.56 Å². The number of Topliss-reactive ketones (excluding diaryl/α,β-unsaturated/α-hetero) is 1. The minimum Gasteiger partial charge on any atom is -0.341 e. The van der Waals surface area contributed by atoms with Crippen LogP contribution in [0.25, 0.3) is 21.8 Å². The Balaban J connectivity index is 1.68. The molecule has 0 bridgehead atoms. The fraction of sp³-hybridized carbons (Fsp3) is 0.222. The number of aryl methyl sites for hydroxylation is 1. The maximum atomic E-state index is 13.3. The Bertz CT molecular complexity index is 1300. The van der Waals surface area contributed by atoms with Gasteiger partial charge in [-0.15, -0.1) is 0 Å². The van der Waals surface area contributed by atoms with E-state index in [2.05, 4.69) is 28.8 Å². The molecule has 1 heterocycles. The van der Waals surface area contributed by atoms with Crippen molar-refractivity contribution in [2.75, 3.05) is 0 Å². The topological polar surface area (TPSA) is 60.7 Å². The lowest BCUT2D eigenvalue weighted by atomic mass is 10.0. The van der Waals surface area contributed by atoms with Gasteiger partial charge in [0.25, 0.3) is 0 Å². The summed E-state index contributed by atoms with van der Waals surface area (Å²) < 4.78 is 2.24. The van der Waals surface area contributed by atoms with Crippen molar-refractivity contribution in [2.24, 2.45) is 5.16 Å². The second kappa shape index (κ2) is 9.60. The molecule has 0 amide bonds. The molecule has 32 heavy (non-hydrogen) atoms. The number of ketones is 1. The predicted molar refractivity (Wildman–Crippen MR) is 128 cm³/mol. The van der Waals surface area contributed by atoms with E-state index < -0.39 is 5.97 Å². The standard InChI is InChI=1S/C27H26N2O3/c1-3-5-14-23(28-32-27(31)19-11-7-6-8-12-19)26(30)20-16-17-25-22(18-20)21-13-9-10-15-24(21)29(25)4-2/h6-13,15-18H,3-5,14H2,1-2H3. The van der Waals surface area contributed by atoms with E-state index in [0.717, 1.165) is 41.2 Å². The first kappa shape index (κ1) is 21.5. The Hall–Kier alpha value is -3.73. The normalized spacial score (nSPS) is 11.8. The third-order valence-electron chi connectivity index (χ3n) is 5.63. The van der Waals surface area contributed by atoms with Crippen molar-refractivity contribution in [1.29, 1.82) is 0 Å². The van der Waals surface area contributed by atoms with E-state index in [9.17, 15) is 9.59 Å². The van der Waals surface area contributed by atoms with Gasteiger partial charge in [0.15, 0.2) is 0 Å². The third kappa shape index (κ3) is 4.19. The highest BCUT2D eigenvalue weighted by Crippen LogP contribution is 2.30. The number of rotatable bonds is 8. The highest BCUT2D eigenvalue weighted by molar-refractivity contribution is 6.46. The van der Waals surface area contributed by atoms with Gasteiger partial charge in [-0.05, 0) is 56.2 Å². The summed E-state index contributed by atoms with van der Waals surface area (Å²) >= 11 is 0. The molecule has 0 aliphatic heterocycles. The quantitative estimate of drug-likeness (QED) is 0.142. The van der Waals surface area contributed by atoms with Gasteiger partial charge in [-0.1, -0.05) is 54.9 Å². The molecule has 0 saturated heterocycles. The summed E-state index contributed by atoms with van der Waals surface area (Å²) in [5, 5.41) is 6.13. The van der Waals surface area contributed by atoms with Crippen LogP contribution in [0.4, 0.5) is 0 Å². The molecule has 0 spiro atoms. The molecular formula is C27H26N2O3. The van der Waals surface area contributed by atoms with Crippen molar-refractivity contribution in [3.05, 3.63) is 83.9 Å². The minimum atomic E-state index is -0.575. The first-order valence-corrected chi connectivity index (χ1v) is 11.0. The number of unbranched alkanes of at least 4 members (excludes halogenated alkanes) is 1. The van der Waals surface area contributed by atoms with Crippen LogP contribution in [0.15, 0.2) is 78.0 Å². The molecular weight excluding hydrogens is 400 g/mol. The Morgan fingerprint density at radius 1 is 0.844 bits per heavy atom. The molecule has 5 heteroatoms. The van der Waals surface area contributed by atoms with Gasteiger partial charge in [0.2, 0.25) is 5.78 Å². The molecule has 0 fully saturated rings. The molecule has 162 valence electrons. The number of para-hydroxylation sites is 1. The average Bonchev–Trinajstić information content (AvgIpc) is 3.17. The molecule has 4 rings (SSSR count). The fourth-order valence-corrected chi connectivity index (χ4v) is 3.97. The lowest BCUT2D eigenvalue weighted by Crippen LogP contribution is -2.16. The van der Waals surface area contributed by atoms with Crippen molar-refractivity contribution in [1.82, 2.24) is 4.57 Å². The fourth-order valence-electron chi connectivity index (χ4n) is 3.97. The average molecular weight is 427 g/mol. The zero-order valence-corrected chi connectivity index (χ0v) is 18.4. The van der Waals surface area contributed by atoms with Gasteiger partial charge in [0.1, 0.15) is 5.71 Å². The van der Waals surface area contributed by atoms with Gasteiger partial charge in [-0.25, -0.2) is 4.79 Å². The van der Waals surface area contributed by atoms with E-state index in [1.807, 2.05) is 43.3 Å². The molecule has 0 aliphatic rings. The van der Waals surface area contributed by atoms with Crippen molar-refractivity contribution < 1.29 is 14.4 Å². The van der Waals surface area contributed by atoms with E-state index in [0.29, 0.717) is 17.5 Å². The van der Waals surface area contributed by atoms with E-state index in [-0.39, 0.29) is 11.5 Å². The number of carbonyl (C=O) groups excluding carboxylic acids is 2. The zero-order chi connectivity index (χ0) is 22.5. The van der Waals surface area contributed by atoms with Crippen LogP contribution in [0.2, 0.25) is 0 Å². The number of oxime groups is 1. The molecule has 4 aromatic rings. The zero-order valence-electron chi connectivity index (χ0n) is 18.4. The van der Waals surface area contributed by atoms with Gasteiger partial charge in [0, 0.05) is 33.9 Å². The molecule has 0 atom stereocenters. The molecule has 0 N–H and O–H groups in total. The highest BCUT2D eigenvalue weighted by Gasteiger charge is 2.18. The number of hydrogen-bond donors (Lipinski definition) is 0. The minimum absolute atomic E-state index is 0.213. The molecule has 0 aliphatic carbocycles. The Kier molecular flexibility index (Phi) is 6.45. The van der Waals surface area contributed by atoms with Gasteiger partial charge in [-0.3, -0.25) is 4.79 Å². The molecule has 1 aromatic heterocycles. The summed E-state index contributed by atoms with van der Waals surface area (Å²) in [6, 6.07) is 22.6. The summed E-state index contributed by atoms with van der Waals surface area (Å²) in [7, 11) is 0. The van der Waals surface area contributed by atoms with Crippen molar-refractivity contribution >= 4 is 39.3 Å². The van der Waals surface area contributed by atoms with Crippen LogP contribution in [-0.4, -0.2) is 22.0 Å². The Labute approximate surface area is 187 Å². The maximum absolute atomic E-state index is 13.3. The number of hydrogen-bond acceptors (Lipinski definition) is 4. The summed E-state index contributed by atoms with van der Waals surface area (Å²) in [6.07, 6.45) is 2.14. The Morgan fingerprint density at radius 2 is 1.56 bits per heavy atom. The summed E-state index contributed by atoms with van der Waals surface area (Å²) in [5.74, 6) is -0.789. The number of nitrogens with zero attached hydrogens (tertiary/aromatic N) is 2. The van der Waals surface area contributed by atoms with Gasteiger partial charge in [-0.2, -0.15) is 0 Å². The van der Waals surface area contributed by atoms with E-state index in [4.69, 9.17) is 4.84 Å². The van der Waals surface area contributed by atoms with Crippen molar-refractivity contribution in [3.8, 4) is 0 Å². The first-order chi connectivity index (χ1) is 15.6. The smallest absolute Gasteiger partial charge is 0.341 e. The number of benzene rings is 3. The van der Waals surface area contributed by atoms with Crippen molar-refractivity contribution in [3.63, 3.8) is 0 Å². The van der Waals surface area contributed by atoms with Crippen molar-refractivity contribution in [2.45, 2.75) is 39.7 Å². The molecule has 0 radical (unpaired) electrons. The monoisotopic (exact) mass is 426 g/mol. The molecule has 0 saturated carbocycles. The summed E-state index contributed by atoms with van der Waals surface area (Å²) in [4.78, 5) is 30.8. The van der Waals surface area contributed by atoms with Crippen LogP contribution in [0.5, 0.6) is 0 Å². The van der Waals surface area contributed by atoms with Crippen LogP contribution in [0, 0.1) is 0 Å². The van der Waals surface area contributed by atoms with E-state index in [1.54, 1.807) is 24.3 Å². The van der Waals surface area contributed by atoms with Gasteiger partial charge >= 0.3 is 5.97 Å². The number of carbonyl (C=O) groups is 2. The lowest BCUT2D eigenvalue weighted by Gasteiger charge is -2.07. The summed E-state index contributed by atoms with van der Waals surface area (Å²) in [6.45, 7) is 5.00. The highest BCUT2D eigenvalue weighted by atomic mass is 16.7. The van der Waals surface area contributed by atoms with Crippen LogP contribution in [0.3, 0.4) is 0 Å². The second-order valence-corrected chi connectivity index (χ2v) is 7.71. The second-order valence-electron chi connectivity index (χ2n) is 7.71. The molecule has 5 nitrogen and oxygen atoms in total. The number of aromatic nitrogens is 1. The van der Waals surface area contributed by atoms with Crippen LogP contribution >= 0.6 is 0 Å². The maximum Gasteiger partial charge on any atom is 0.365 e. The third-order valence-corrected chi connectivity index (χ3v) is 5.63. The molecule has 0 unspecified atom stereocenters.